The lowest BCUT2D eigenvalue weighted by molar-refractivity contribution is -0.144. The van der Waals surface area contributed by atoms with E-state index in [9.17, 15) is 14.4 Å². The summed E-state index contributed by atoms with van der Waals surface area (Å²) in [5, 5.41) is 2.69. The van der Waals surface area contributed by atoms with E-state index in [1.54, 1.807) is 23.6 Å². The lowest BCUT2D eigenvalue weighted by atomic mass is 9.97. The molecule has 0 radical (unpaired) electrons. The molecule has 0 fully saturated rings. The first kappa shape index (κ1) is 20.3. The Morgan fingerprint density at radius 1 is 1.28 bits per heavy atom. The number of hydrogen-bond donors (Lipinski definition) is 2. The van der Waals surface area contributed by atoms with Crippen LogP contribution in [0.25, 0.3) is 0 Å². The molecule has 0 unspecified atom stereocenters. The molecule has 3 heterocycles. The van der Waals surface area contributed by atoms with Crippen molar-refractivity contribution in [3.05, 3.63) is 47.8 Å². The predicted octanol–water partition coefficient (Wildman–Crippen LogP) is 0.957. The standard InChI is InChI=1S/C19H23N5O5/c1-28-15(25)4-3-14(18(26)29-2)23-19(27)24-10-7-13-16(22-11-21-13)17(24)12-5-8-20-9-6-12/h5-6,8-9,11,14,17H,3-4,7,10H2,1-2H3,(H,21,22)(H,23,27)/t14-,17+/m0/s1. The predicted molar refractivity (Wildman–Crippen MR) is 101 cm³/mol. The summed E-state index contributed by atoms with van der Waals surface area (Å²) in [5.41, 5.74) is 2.57. The number of ether oxygens (including phenoxy) is 2. The molecule has 2 atom stereocenters. The molecule has 2 amide bonds. The summed E-state index contributed by atoms with van der Waals surface area (Å²) >= 11 is 0. The second-order valence-corrected chi connectivity index (χ2v) is 6.53. The number of nitrogens with one attached hydrogen (secondary N) is 2. The fourth-order valence-electron chi connectivity index (χ4n) is 3.37. The van der Waals surface area contributed by atoms with Crippen molar-refractivity contribution in [2.45, 2.75) is 31.3 Å². The lowest BCUT2D eigenvalue weighted by Gasteiger charge is -2.36. The van der Waals surface area contributed by atoms with Crippen molar-refractivity contribution in [1.29, 1.82) is 0 Å². The maximum Gasteiger partial charge on any atom is 0.328 e. The zero-order valence-corrected chi connectivity index (χ0v) is 16.3. The molecular formula is C19H23N5O5. The normalized spacial score (nSPS) is 16.5. The van der Waals surface area contributed by atoms with Crippen LogP contribution >= 0.6 is 0 Å². The Labute approximate surface area is 167 Å². The molecule has 10 heteroatoms. The number of H-pyrrole nitrogens is 1. The summed E-state index contributed by atoms with van der Waals surface area (Å²) in [6.45, 7) is 0.429. The largest absolute Gasteiger partial charge is 0.469 e. The lowest BCUT2D eigenvalue weighted by Crippen LogP contribution is -2.51. The fraction of sp³-hybridized carbons (Fsp3) is 0.421. The number of methoxy groups -OCH3 is 2. The van der Waals surface area contributed by atoms with E-state index in [0.717, 1.165) is 17.0 Å². The van der Waals surface area contributed by atoms with Gasteiger partial charge in [0.2, 0.25) is 0 Å². The van der Waals surface area contributed by atoms with E-state index in [2.05, 4.69) is 25.0 Å². The molecule has 154 valence electrons. The molecule has 1 aliphatic rings. The maximum atomic E-state index is 13.1. The summed E-state index contributed by atoms with van der Waals surface area (Å²) < 4.78 is 9.38. The monoisotopic (exact) mass is 401 g/mol. The number of hydrogen-bond acceptors (Lipinski definition) is 7. The summed E-state index contributed by atoms with van der Waals surface area (Å²) in [5.74, 6) is -1.10. The molecule has 29 heavy (non-hydrogen) atoms. The number of rotatable bonds is 6. The van der Waals surface area contributed by atoms with Crippen LogP contribution in [0.15, 0.2) is 30.9 Å². The highest BCUT2D eigenvalue weighted by Gasteiger charge is 2.35. The molecule has 2 N–H and O–H groups in total. The van der Waals surface area contributed by atoms with Gasteiger partial charge in [0.15, 0.2) is 0 Å². The minimum Gasteiger partial charge on any atom is -0.469 e. The molecule has 0 saturated carbocycles. The summed E-state index contributed by atoms with van der Waals surface area (Å²) in [7, 11) is 2.50. The van der Waals surface area contributed by atoms with E-state index in [0.29, 0.717) is 13.0 Å². The highest BCUT2D eigenvalue weighted by Crippen LogP contribution is 2.33. The van der Waals surface area contributed by atoms with Gasteiger partial charge in [-0.05, 0) is 24.1 Å². The van der Waals surface area contributed by atoms with Crippen LogP contribution in [-0.2, 0) is 25.5 Å². The van der Waals surface area contributed by atoms with Gasteiger partial charge in [0, 0.05) is 37.5 Å². The van der Waals surface area contributed by atoms with E-state index in [4.69, 9.17) is 4.74 Å². The van der Waals surface area contributed by atoms with Crippen LogP contribution in [-0.4, -0.2) is 64.6 Å². The molecule has 0 spiro atoms. The number of aromatic nitrogens is 3. The molecule has 0 bridgehead atoms. The zero-order chi connectivity index (χ0) is 20.8. The number of urea groups is 1. The van der Waals surface area contributed by atoms with Crippen LogP contribution in [0.5, 0.6) is 0 Å². The second kappa shape index (κ2) is 9.18. The van der Waals surface area contributed by atoms with Crippen molar-refractivity contribution in [1.82, 2.24) is 25.2 Å². The number of nitrogens with zero attached hydrogens (tertiary/aromatic N) is 3. The summed E-state index contributed by atoms with van der Waals surface area (Å²) in [4.78, 5) is 49.8. The number of pyridine rings is 1. The SMILES string of the molecule is COC(=O)CC[C@H](NC(=O)N1CCc2[nH]cnc2[C@H]1c1ccncc1)C(=O)OC. The average Bonchev–Trinajstić information content (AvgIpc) is 3.24. The van der Waals surface area contributed by atoms with Gasteiger partial charge in [0.25, 0.3) is 0 Å². The van der Waals surface area contributed by atoms with Crippen molar-refractivity contribution in [3.8, 4) is 0 Å². The Morgan fingerprint density at radius 2 is 2.03 bits per heavy atom. The quantitative estimate of drug-likeness (QED) is 0.690. The smallest absolute Gasteiger partial charge is 0.328 e. The first-order valence-corrected chi connectivity index (χ1v) is 9.19. The van der Waals surface area contributed by atoms with E-state index in [1.165, 1.54) is 14.2 Å². The molecule has 10 nitrogen and oxygen atoms in total. The van der Waals surface area contributed by atoms with Crippen LogP contribution in [0, 0.1) is 0 Å². The first-order chi connectivity index (χ1) is 14.0. The topological polar surface area (TPSA) is 127 Å². The number of fused-ring (bicyclic) bond motifs is 1. The number of aromatic amines is 1. The van der Waals surface area contributed by atoms with Crippen molar-refractivity contribution in [2.75, 3.05) is 20.8 Å². The van der Waals surface area contributed by atoms with E-state index in [1.807, 2.05) is 12.1 Å². The maximum absolute atomic E-state index is 13.1. The van der Waals surface area contributed by atoms with Crippen LogP contribution < -0.4 is 5.32 Å². The third-order valence-electron chi connectivity index (χ3n) is 4.86. The number of carbonyl (C=O) groups is 3. The summed E-state index contributed by atoms with van der Waals surface area (Å²) in [6.07, 6.45) is 5.57. The van der Waals surface area contributed by atoms with E-state index >= 15 is 0 Å². The van der Waals surface area contributed by atoms with Crippen molar-refractivity contribution in [2.24, 2.45) is 0 Å². The fourth-order valence-corrected chi connectivity index (χ4v) is 3.37. The van der Waals surface area contributed by atoms with Crippen LogP contribution in [0.2, 0.25) is 0 Å². The third-order valence-corrected chi connectivity index (χ3v) is 4.86. The molecule has 2 aromatic rings. The van der Waals surface area contributed by atoms with Crippen molar-refractivity contribution < 1.29 is 23.9 Å². The van der Waals surface area contributed by atoms with Gasteiger partial charge in [0.05, 0.1) is 26.2 Å². The highest BCUT2D eigenvalue weighted by atomic mass is 16.5. The number of imidazole rings is 1. The van der Waals surface area contributed by atoms with Gasteiger partial charge in [-0.3, -0.25) is 9.78 Å². The minimum atomic E-state index is -0.967. The Balaban J connectivity index is 1.82. The Morgan fingerprint density at radius 3 is 2.72 bits per heavy atom. The van der Waals surface area contributed by atoms with Crippen LogP contribution in [0.1, 0.15) is 35.8 Å². The minimum absolute atomic E-state index is 0.0200. The number of carbonyl (C=O) groups excluding carboxylic acids is 3. The summed E-state index contributed by atoms with van der Waals surface area (Å²) in [6, 6.07) is 1.81. The van der Waals surface area contributed by atoms with Crippen molar-refractivity contribution >= 4 is 18.0 Å². The Bertz CT molecular complexity index is 869. The van der Waals surface area contributed by atoms with Crippen molar-refractivity contribution in [3.63, 3.8) is 0 Å². The Kier molecular flexibility index (Phi) is 6.43. The van der Waals surface area contributed by atoms with Gasteiger partial charge >= 0.3 is 18.0 Å². The van der Waals surface area contributed by atoms with Gasteiger partial charge in [-0.2, -0.15) is 0 Å². The number of esters is 2. The molecule has 0 saturated heterocycles. The molecule has 0 aliphatic carbocycles. The second-order valence-electron chi connectivity index (χ2n) is 6.53. The van der Waals surface area contributed by atoms with Gasteiger partial charge in [0.1, 0.15) is 12.1 Å². The Hall–Kier alpha value is -3.43. The molecular weight excluding hydrogens is 378 g/mol. The molecule has 3 rings (SSSR count). The van der Waals surface area contributed by atoms with Crippen LogP contribution in [0.3, 0.4) is 0 Å². The molecule has 0 aromatic carbocycles. The third kappa shape index (κ3) is 4.53. The van der Waals surface area contributed by atoms with Crippen LogP contribution in [0.4, 0.5) is 4.79 Å². The first-order valence-electron chi connectivity index (χ1n) is 9.19. The van der Waals surface area contributed by atoms with Gasteiger partial charge in [-0.25, -0.2) is 14.6 Å². The highest BCUT2D eigenvalue weighted by molar-refractivity contribution is 5.84. The van der Waals surface area contributed by atoms with E-state index in [-0.39, 0.29) is 12.8 Å². The number of amides is 2. The van der Waals surface area contributed by atoms with E-state index < -0.39 is 30.1 Å². The molecule has 2 aromatic heterocycles. The average molecular weight is 401 g/mol. The van der Waals surface area contributed by atoms with Gasteiger partial charge in [-0.1, -0.05) is 0 Å². The van der Waals surface area contributed by atoms with Gasteiger partial charge in [-0.15, -0.1) is 0 Å². The van der Waals surface area contributed by atoms with Gasteiger partial charge < -0.3 is 24.7 Å². The zero-order valence-electron chi connectivity index (χ0n) is 16.3. The molecule has 1 aliphatic heterocycles.